The van der Waals surface area contributed by atoms with Crippen molar-refractivity contribution in [1.82, 2.24) is 9.80 Å². The highest BCUT2D eigenvalue weighted by Gasteiger charge is 2.31. The predicted molar refractivity (Wildman–Crippen MR) is 154 cm³/mol. The molecule has 0 N–H and O–H groups in total. The zero-order valence-electron chi connectivity index (χ0n) is 21.6. The van der Waals surface area contributed by atoms with E-state index in [4.69, 9.17) is 4.74 Å². The smallest absolute Gasteiger partial charge is 0.409 e. The number of rotatable bonds is 5. The zero-order valence-corrected chi connectivity index (χ0v) is 24.6. The highest BCUT2D eigenvalue weighted by molar-refractivity contribution is 14.1. The molecule has 0 unspecified atom stereocenters. The van der Waals surface area contributed by atoms with Crippen molar-refractivity contribution in [3.8, 4) is 11.1 Å². The van der Waals surface area contributed by atoms with Crippen molar-refractivity contribution in [1.29, 1.82) is 0 Å². The van der Waals surface area contributed by atoms with Crippen LogP contribution in [0.4, 0.5) is 8.68 Å². The van der Waals surface area contributed by atoms with E-state index in [0.29, 0.717) is 43.9 Å². The lowest BCUT2D eigenvalue weighted by Crippen LogP contribution is -2.48. The number of piperazine rings is 1. The molecule has 1 fully saturated rings. The molecular weight excluding hydrogens is 618 g/mol. The summed E-state index contributed by atoms with van der Waals surface area (Å²) in [5.41, 5.74) is 7.45. The third kappa shape index (κ3) is 4.96. The van der Waals surface area contributed by atoms with Crippen molar-refractivity contribution in [2.45, 2.75) is 38.1 Å². The summed E-state index contributed by atoms with van der Waals surface area (Å²) in [5.74, 6) is 0.0172. The van der Waals surface area contributed by atoms with E-state index in [1.54, 1.807) is 18.7 Å². The molecule has 0 aromatic heterocycles. The maximum atomic E-state index is 14.1. The molecule has 1 heterocycles. The van der Waals surface area contributed by atoms with E-state index in [2.05, 4.69) is 51.8 Å². The molecule has 1 amide bonds. The van der Waals surface area contributed by atoms with Crippen LogP contribution in [-0.2, 0) is 21.5 Å². The summed E-state index contributed by atoms with van der Waals surface area (Å²) < 4.78 is 44.4. The van der Waals surface area contributed by atoms with Crippen molar-refractivity contribution in [3.05, 3.63) is 85.5 Å². The first-order valence-corrected chi connectivity index (χ1v) is 15.1. The van der Waals surface area contributed by atoms with E-state index < -0.39 is 10.2 Å². The van der Waals surface area contributed by atoms with Crippen LogP contribution in [0.25, 0.3) is 11.1 Å². The molecule has 1 aliphatic carbocycles. The molecule has 0 radical (unpaired) electrons. The summed E-state index contributed by atoms with van der Waals surface area (Å²) in [6.45, 7) is 8.28. The molecule has 2 aliphatic rings. The molecule has 6 nitrogen and oxygen atoms in total. The number of benzene rings is 3. The maximum Gasteiger partial charge on any atom is 0.409 e. The molecule has 0 atom stereocenters. The summed E-state index contributed by atoms with van der Waals surface area (Å²) in [4.78, 5) is 16.6. The SMILES string of the molecule is Cc1c(I)c(C)c(S(=O)(=O)F)c(C)c1CN1CCN(C(=O)OCC2c3ccccc3-c3ccccc32)CC1. The molecule has 3 aromatic carbocycles. The normalized spacial score (nSPS) is 15.9. The van der Waals surface area contributed by atoms with Gasteiger partial charge in [-0.1, -0.05) is 48.5 Å². The van der Waals surface area contributed by atoms with Gasteiger partial charge in [0, 0.05) is 42.2 Å². The predicted octanol–water partition coefficient (Wildman–Crippen LogP) is 5.94. The Bertz CT molecular complexity index is 1470. The fourth-order valence-corrected chi connectivity index (χ4v) is 7.55. The van der Waals surface area contributed by atoms with Crippen LogP contribution in [0.3, 0.4) is 0 Å². The Balaban J connectivity index is 1.23. The van der Waals surface area contributed by atoms with Crippen LogP contribution in [0.15, 0.2) is 53.4 Å². The molecule has 200 valence electrons. The van der Waals surface area contributed by atoms with Crippen LogP contribution in [0, 0.1) is 24.3 Å². The molecule has 3 aromatic rings. The monoisotopic (exact) mass is 648 g/mol. The van der Waals surface area contributed by atoms with Crippen LogP contribution < -0.4 is 0 Å². The Hall–Kier alpha value is -2.50. The summed E-state index contributed by atoms with van der Waals surface area (Å²) in [5, 5.41) is 0. The van der Waals surface area contributed by atoms with Gasteiger partial charge in [-0.25, -0.2) is 4.79 Å². The van der Waals surface area contributed by atoms with Gasteiger partial charge < -0.3 is 9.64 Å². The molecule has 9 heteroatoms. The second kappa shape index (κ2) is 10.6. The van der Waals surface area contributed by atoms with Gasteiger partial charge in [-0.05, 0) is 87.9 Å². The summed E-state index contributed by atoms with van der Waals surface area (Å²) in [6, 6.07) is 16.5. The molecule has 0 spiro atoms. The highest BCUT2D eigenvalue weighted by Crippen LogP contribution is 2.44. The van der Waals surface area contributed by atoms with Crippen LogP contribution in [-0.4, -0.2) is 57.1 Å². The second-order valence-corrected chi connectivity index (χ2v) is 12.4. The number of ether oxygens (including phenoxy) is 1. The summed E-state index contributed by atoms with van der Waals surface area (Å²) in [6.07, 6.45) is -0.324. The zero-order chi connectivity index (χ0) is 27.2. The Kier molecular flexibility index (Phi) is 7.54. The Morgan fingerprint density at radius 1 is 0.921 bits per heavy atom. The molecular formula is C29H30FIN2O4S. The van der Waals surface area contributed by atoms with Gasteiger partial charge in [0.15, 0.2) is 0 Å². The number of halogens is 2. The number of nitrogens with zero attached hydrogens (tertiary/aromatic N) is 2. The van der Waals surface area contributed by atoms with Gasteiger partial charge in [0.25, 0.3) is 0 Å². The third-order valence-corrected chi connectivity index (χ3v) is 10.6. The van der Waals surface area contributed by atoms with E-state index in [1.165, 1.54) is 22.3 Å². The topological polar surface area (TPSA) is 66.9 Å². The van der Waals surface area contributed by atoms with E-state index in [9.17, 15) is 17.1 Å². The van der Waals surface area contributed by atoms with Crippen molar-refractivity contribution in [2.75, 3.05) is 32.8 Å². The van der Waals surface area contributed by atoms with Crippen LogP contribution in [0.2, 0.25) is 0 Å². The van der Waals surface area contributed by atoms with Gasteiger partial charge >= 0.3 is 16.3 Å². The van der Waals surface area contributed by atoms with Crippen LogP contribution in [0.5, 0.6) is 0 Å². The lowest BCUT2D eigenvalue weighted by molar-refractivity contribution is 0.0727. The van der Waals surface area contributed by atoms with Gasteiger partial charge in [-0.2, -0.15) is 8.42 Å². The number of hydrogen-bond donors (Lipinski definition) is 0. The minimum atomic E-state index is -4.83. The first-order valence-electron chi connectivity index (χ1n) is 12.6. The van der Waals surface area contributed by atoms with Gasteiger partial charge in [0.1, 0.15) is 11.5 Å². The molecule has 0 bridgehead atoms. The lowest BCUT2D eigenvalue weighted by atomic mass is 9.98. The Morgan fingerprint density at radius 2 is 1.47 bits per heavy atom. The van der Waals surface area contributed by atoms with Crippen molar-refractivity contribution < 1.29 is 21.8 Å². The lowest BCUT2D eigenvalue weighted by Gasteiger charge is -2.35. The summed E-state index contributed by atoms with van der Waals surface area (Å²) in [7, 11) is -4.83. The van der Waals surface area contributed by atoms with Crippen LogP contribution in [0.1, 0.15) is 39.3 Å². The van der Waals surface area contributed by atoms with Crippen molar-refractivity contribution in [3.63, 3.8) is 0 Å². The quantitative estimate of drug-likeness (QED) is 0.253. The molecule has 1 aliphatic heterocycles. The molecule has 5 rings (SSSR count). The van der Waals surface area contributed by atoms with Gasteiger partial charge in [0.05, 0.1) is 0 Å². The number of carbonyl (C=O) groups excluding carboxylic acids is 1. The fraction of sp³-hybridized carbons (Fsp3) is 0.345. The molecule has 38 heavy (non-hydrogen) atoms. The first-order chi connectivity index (χ1) is 18.1. The Morgan fingerprint density at radius 3 is 2.03 bits per heavy atom. The van der Waals surface area contributed by atoms with E-state index in [1.807, 2.05) is 31.2 Å². The number of carbonyl (C=O) groups is 1. The number of hydrogen-bond acceptors (Lipinski definition) is 5. The summed E-state index contributed by atoms with van der Waals surface area (Å²) >= 11 is 2.09. The van der Waals surface area contributed by atoms with E-state index in [-0.39, 0.29) is 23.5 Å². The van der Waals surface area contributed by atoms with E-state index in [0.717, 1.165) is 14.7 Å². The minimum absolute atomic E-state index is 0.0172. The highest BCUT2D eigenvalue weighted by atomic mass is 127. The number of fused-ring (bicyclic) bond motifs is 3. The molecule has 0 saturated carbocycles. The average Bonchev–Trinajstić information content (AvgIpc) is 3.22. The van der Waals surface area contributed by atoms with E-state index >= 15 is 0 Å². The average molecular weight is 649 g/mol. The first kappa shape index (κ1) is 27.1. The third-order valence-electron chi connectivity index (χ3n) is 7.84. The minimum Gasteiger partial charge on any atom is -0.448 e. The standard InChI is InChI=1S/C29H30FIN2O4S/c1-18-25(19(2)28(38(30,35)36)20(3)27(18)31)16-32-12-14-33(15-13-32)29(34)37-17-26-23-10-6-4-8-21(23)22-9-5-7-11-24(22)26/h4-11,26H,12-17H2,1-3H3. The van der Waals surface area contributed by atoms with Crippen molar-refractivity contribution >= 4 is 38.9 Å². The van der Waals surface area contributed by atoms with Gasteiger partial charge in [-0.3, -0.25) is 4.90 Å². The van der Waals surface area contributed by atoms with Crippen LogP contribution >= 0.6 is 22.6 Å². The van der Waals surface area contributed by atoms with Crippen molar-refractivity contribution in [2.24, 2.45) is 0 Å². The van der Waals surface area contributed by atoms with Gasteiger partial charge in [-0.15, -0.1) is 3.89 Å². The van der Waals surface area contributed by atoms with Gasteiger partial charge in [0.2, 0.25) is 0 Å². The fourth-order valence-electron chi connectivity index (χ4n) is 5.81. The second-order valence-electron chi connectivity index (χ2n) is 10.0. The maximum absolute atomic E-state index is 14.1. The Labute approximate surface area is 237 Å². The molecule has 1 saturated heterocycles. The number of amides is 1. The largest absolute Gasteiger partial charge is 0.448 e.